The van der Waals surface area contributed by atoms with Crippen molar-refractivity contribution >= 4 is 39.6 Å². The van der Waals surface area contributed by atoms with E-state index in [9.17, 15) is 9.59 Å². The van der Waals surface area contributed by atoms with Gasteiger partial charge in [0.15, 0.2) is 5.16 Å². The molecular formula is C22H22N4O3S. The largest absolute Gasteiger partial charge is 0.497 e. The molecule has 0 saturated heterocycles. The van der Waals surface area contributed by atoms with Crippen molar-refractivity contribution in [3.05, 3.63) is 64.4 Å². The van der Waals surface area contributed by atoms with E-state index in [4.69, 9.17) is 9.72 Å². The predicted molar refractivity (Wildman–Crippen MR) is 119 cm³/mol. The van der Waals surface area contributed by atoms with E-state index >= 15 is 0 Å². The van der Waals surface area contributed by atoms with Crippen LogP contribution in [0.3, 0.4) is 0 Å². The third kappa shape index (κ3) is 3.66. The predicted octanol–water partition coefficient (Wildman–Crippen LogP) is 2.84. The molecule has 7 nitrogen and oxygen atoms in total. The van der Waals surface area contributed by atoms with Gasteiger partial charge in [0.25, 0.3) is 5.56 Å². The fourth-order valence-corrected chi connectivity index (χ4v) is 4.21. The summed E-state index contributed by atoms with van der Waals surface area (Å²) in [7, 11) is 5.13. The highest BCUT2D eigenvalue weighted by atomic mass is 32.2. The van der Waals surface area contributed by atoms with Crippen LogP contribution in [0.25, 0.3) is 21.9 Å². The summed E-state index contributed by atoms with van der Waals surface area (Å²) in [6, 6.07) is 15.4. The van der Waals surface area contributed by atoms with Crippen LogP contribution >= 0.6 is 11.8 Å². The standard InChI is InChI=1S/C22H22N4O3S/c1-25-17-10-9-15(29-3)11-16(17)19-20(25)21(28)26(2)22(24-19)30-13-18(27)23-12-14-7-5-4-6-8-14/h4-11H,12-13H2,1-3H3,(H,23,27). The summed E-state index contributed by atoms with van der Waals surface area (Å²) in [6.45, 7) is 0.467. The molecule has 30 heavy (non-hydrogen) atoms. The number of amides is 1. The summed E-state index contributed by atoms with van der Waals surface area (Å²) in [6.07, 6.45) is 0. The third-order valence-electron chi connectivity index (χ3n) is 5.05. The van der Waals surface area contributed by atoms with Crippen LogP contribution in [-0.2, 0) is 25.4 Å². The second kappa shape index (κ2) is 8.23. The molecule has 2 aromatic heterocycles. The van der Waals surface area contributed by atoms with Crippen molar-refractivity contribution in [2.24, 2.45) is 14.1 Å². The molecule has 0 aliphatic rings. The Morgan fingerprint density at radius 2 is 1.90 bits per heavy atom. The molecule has 8 heteroatoms. The van der Waals surface area contributed by atoms with Crippen molar-refractivity contribution < 1.29 is 9.53 Å². The van der Waals surface area contributed by atoms with E-state index in [0.717, 1.165) is 16.5 Å². The Balaban J connectivity index is 1.61. The Morgan fingerprint density at radius 3 is 2.63 bits per heavy atom. The summed E-state index contributed by atoms with van der Waals surface area (Å²) in [5.41, 5.74) is 2.93. The van der Waals surface area contributed by atoms with E-state index in [0.29, 0.717) is 28.5 Å². The minimum absolute atomic E-state index is 0.113. The lowest BCUT2D eigenvalue weighted by Crippen LogP contribution is -2.26. The Morgan fingerprint density at radius 1 is 1.13 bits per heavy atom. The molecule has 0 bridgehead atoms. The van der Waals surface area contributed by atoms with E-state index in [1.807, 2.05) is 60.1 Å². The maximum absolute atomic E-state index is 13.0. The first-order chi connectivity index (χ1) is 14.5. The zero-order chi connectivity index (χ0) is 21.3. The second-order valence-electron chi connectivity index (χ2n) is 6.95. The molecule has 154 valence electrons. The molecule has 2 aromatic carbocycles. The molecule has 2 heterocycles. The lowest BCUT2D eigenvalue weighted by Gasteiger charge is -2.08. The average molecular weight is 423 g/mol. The molecular weight excluding hydrogens is 400 g/mol. The van der Waals surface area contributed by atoms with Crippen LogP contribution in [0.15, 0.2) is 58.5 Å². The number of fused-ring (bicyclic) bond motifs is 3. The van der Waals surface area contributed by atoms with Crippen LogP contribution in [0.4, 0.5) is 0 Å². The van der Waals surface area contributed by atoms with Crippen molar-refractivity contribution in [3.8, 4) is 5.75 Å². The monoisotopic (exact) mass is 422 g/mol. The first-order valence-corrected chi connectivity index (χ1v) is 10.4. The fraction of sp³-hybridized carbons (Fsp3) is 0.227. The highest BCUT2D eigenvalue weighted by Crippen LogP contribution is 2.29. The molecule has 0 aliphatic heterocycles. The zero-order valence-electron chi connectivity index (χ0n) is 17.0. The van der Waals surface area contributed by atoms with Gasteiger partial charge in [-0.25, -0.2) is 4.98 Å². The van der Waals surface area contributed by atoms with E-state index < -0.39 is 0 Å². The highest BCUT2D eigenvalue weighted by Gasteiger charge is 2.18. The molecule has 0 aliphatic carbocycles. The Kier molecular flexibility index (Phi) is 5.50. The Hall–Kier alpha value is -3.26. The Bertz CT molecular complexity index is 1290. The number of rotatable bonds is 6. The summed E-state index contributed by atoms with van der Waals surface area (Å²) in [4.78, 5) is 30.0. The van der Waals surface area contributed by atoms with E-state index in [-0.39, 0.29) is 17.2 Å². The van der Waals surface area contributed by atoms with Gasteiger partial charge in [-0.3, -0.25) is 14.2 Å². The number of carbonyl (C=O) groups is 1. The maximum Gasteiger partial charge on any atom is 0.278 e. The number of thioether (sulfide) groups is 1. The van der Waals surface area contributed by atoms with Crippen molar-refractivity contribution in [2.75, 3.05) is 12.9 Å². The summed E-state index contributed by atoms with van der Waals surface area (Å²) >= 11 is 1.25. The lowest BCUT2D eigenvalue weighted by molar-refractivity contribution is -0.118. The minimum Gasteiger partial charge on any atom is -0.497 e. The van der Waals surface area contributed by atoms with E-state index in [1.54, 1.807) is 14.2 Å². The molecule has 0 spiro atoms. The first-order valence-electron chi connectivity index (χ1n) is 9.46. The van der Waals surface area contributed by atoms with Gasteiger partial charge in [0.05, 0.1) is 18.4 Å². The van der Waals surface area contributed by atoms with Crippen LogP contribution in [-0.4, -0.2) is 32.9 Å². The topological polar surface area (TPSA) is 78.2 Å². The number of carbonyl (C=O) groups excluding carboxylic acids is 1. The van der Waals surface area contributed by atoms with Crippen molar-refractivity contribution in [2.45, 2.75) is 11.7 Å². The molecule has 4 rings (SSSR count). The van der Waals surface area contributed by atoms with Crippen LogP contribution in [0.1, 0.15) is 5.56 Å². The van der Waals surface area contributed by atoms with Gasteiger partial charge in [-0.15, -0.1) is 0 Å². The number of aryl methyl sites for hydroxylation is 1. The zero-order valence-corrected chi connectivity index (χ0v) is 17.8. The fourth-order valence-electron chi connectivity index (χ4n) is 3.41. The minimum atomic E-state index is -0.148. The quantitative estimate of drug-likeness (QED) is 0.382. The molecule has 1 N–H and O–H groups in total. The van der Waals surface area contributed by atoms with Crippen LogP contribution in [0.2, 0.25) is 0 Å². The van der Waals surface area contributed by atoms with Gasteiger partial charge in [0.2, 0.25) is 5.91 Å². The molecule has 4 aromatic rings. The third-order valence-corrected chi connectivity index (χ3v) is 6.08. The van der Waals surface area contributed by atoms with Gasteiger partial charge in [-0.2, -0.15) is 0 Å². The smallest absolute Gasteiger partial charge is 0.278 e. The second-order valence-corrected chi connectivity index (χ2v) is 7.89. The number of methoxy groups -OCH3 is 1. The molecule has 0 fully saturated rings. The molecule has 0 saturated carbocycles. The number of nitrogens with zero attached hydrogens (tertiary/aromatic N) is 3. The van der Waals surface area contributed by atoms with Crippen molar-refractivity contribution in [1.82, 2.24) is 19.4 Å². The number of nitrogens with one attached hydrogen (secondary N) is 1. The number of benzene rings is 2. The lowest BCUT2D eigenvalue weighted by atomic mass is 10.2. The Labute approximate surface area is 177 Å². The van der Waals surface area contributed by atoms with Gasteiger partial charge >= 0.3 is 0 Å². The van der Waals surface area contributed by atoms with Gasteiger partial charge < -0.3 is 14.6 Å². The van der Waals surface area contributed by atoms with Gasteiger partial charge in [-0.05, 0) is 23.8 Å². The van der Waals surface area contributed by atoms with Crippen LogP contribution < -0.4 is 15.6 Å². The highest BCUT2D eigenvalue weighted by molar-refractivity contribution is 7.99. The van der Waals surface area contributed by atoms with Gasteiger partial charge in [-0.1, -0.05) is 42.1 Å². The van der Waals surface area contributed by atoms with Crippen LogP contribution in [0, 0.1) is 0 Å². The SMILES string of the molecule is COc1ccc2c(c1)c1nc(SCC(=O)NCc3ccccc3)n(C)c(=O)c1n2C. The summed E-state index contributed by atoms with van der Waals surface area (Å²) in [5.74, 6) is 0.761. The van der Waals surface area contributed by atoms with Crippen molar-refractivity contribution in [1.29, 1.82) is 0 Å². The molecule has 0 unspecified atom stereocenters. The molecule has 0 radical (unpaired) electrons. The number of aromatic nitrogens is 3. The van der Waals surface area contributed by atoms with E-state index in [1.165, 1.54) is 16.3 Å². The first kappa shape index (κ1) is 20.0. The van der Waals surface area contributed by atoms with Crippen molar-refractivity contribution in [3.63, 3.8) is 0 Å². The normalized spacial score (nSPS) is 11.2. The number of hydrogen-bond donors (Lipinski definition) is 1. The van der Waals surface area contributed by atoms with Gasteiger partial charge in [0.1, 0.15) is 16.8 Å². The number of hydrogen-bond acceptors (Lipinski definition) is 5. The molecule has 1 amide bonds. The molecule has 0 atom stereocenters. The summed E-state index contributed by atoms with van der Waals surface area (Å²) in [5, 5.41) is 4.24. The number of ether oxygens (including phenoxy) is 1. The van der Waals surface area contributed by atoms with Crippen LogP contribution in [0.5, 0.6) is 5.75 Å². The average Bonchev–Trinajstić information content (AvgIpc) is 3.05. The maximum atomic E-state index is 13.0. The summed E-state index contributed by atoms with van der Waals surface area (Å²) < 4.78 is 8.67. The van der Waals surface area contributed by atoms with Gasteiger partial charge in [0, 0.05) is 26.0 Å². The van der Waals surface area contributed by atoms with E-state index in [2.05, 4.69) is 5.32 Å².